The van der Waals surface area contributed by atoms with Crippen LogP contribution in [0.1, 0.15) is 0 Å². The minimum Gasteiger partial charge on any atom is -0.354 e. The molecule has 36 heavy (non-hydrogen) atoms. The van der Waals surface area contributed by atoms with Gasteiger partial charge in [-0.05, 0) is 6.07 Å². The molecule has 0 spiro atoms. The highest BCUT2D eigenvalue weighted by Crippen LogP contribution is 2.44. The van der Waals surface area contributed by atoms with E-state index < -0.39 is 93.4 Å². The second-order valence-electron chi connectivity index (χ2n) is 8.21. The van der Waals surface area contributed by atoms with Crippen LogP contribution in [-0.2, 0) is 10.0 Å². The summed E-state index contributed by atoms with van der Waals surface area (Å²) in [5.41, 5.74) is -1.77. The Morgan fingerprint density at radius 2 is 1.69 bits per heavy atom. The average Bonchev–Trinajstić information content (AvgIpc) is 3.40. The maximum absolute atomic E-state index is 15.0. The summed E-state index contributed by atoms with van der Waals surface area (Å²) in [6.07, 6.45) is 0. The molecule has 192 valence electrons. The number of benzene rings is 2. The van der Waals surface area contributed by atoms with Crippen LogP contribution < -0.4 is 9.62 Å². The quantitative estimate of drug-likeness (QED) is 0.502. The van der Waals surface area contributed by atoms with Gasteiger partial charge >= 0.3 is 6.03 Å². The van der Waals surface area contributed by atoms with Gasteiger partial charge in [-0.25, -0.2) is 48.7 Å². The van der Waals surface area contributed by atoms with Crippen molar-refractivity contribution in [2.24, 2.45) is 0 Å². The molecule has 2 aromatic carbocycles. The summed E-state index contributed by atoms with van der Waals surface area (Å²) in [6.45, 7) is -1.59. The third-order valence-electron chi connectivity index (χ3n) is 6.01. The third kappa shape index (κ3) is 3.66. The van der Waals surface area contributed by atoms with Crippen molar-refractivity contribution in [3.63, 3.8) is 0 Å². The highest BCUT2D eigenvalue weighted by Gasteiger charge is 2.63. The monoisotopic (exact) mass is 538 g/mol. The third-order valence-corrected chi connectivity index (χ3v) is 6.95. The maximum atomic E-state index is 15.0. The van der Waals surface area contributed by atoms with Crippen molar-refractivity contribution in [1.29, 1.82) is 0 Å². The summed E-state index contributed by atoms with van der Waals surface area (Å²) >= 11 is 0. The molecular formula is C20H13F7N4O4S. The zero-order valence-corrected chi connectivity index (χ0v) is 18.4. The summed E-state index contributed by atoms with van der Waals surface area (Å²) in [5.74, 6) is -9.40. The van der Waals surface area contributed by atoms with Gasteiger partial charge in [0, 0.05) is 30.3 Å². The van der Waals surface area contributed by atoms with Gasteiger partial charge in [0.05, 0.1) is 17.5 Å². The number of rotatable bonds is 5. The number of hydrogen-bond acceptors (Lipinski definition) is 5. The van der Waals surface area contributed by atoms with E-state index in [0.29, 0.717) is 28.0 Å². The number of fused-ring (bicyclic) bond motifs is 2. The number of carbonyl (C=O) groups is 1. The van der Waals surface area contributed by atoms with Crippen molar-refractivity contribution < 1.29 is 48.5 Å². The fourth-order valence-electron chi connectivity index (χ4n) is 4.47. The molecule has 8 nitrogen and oxygen atoms in total. The van der Waals surface area contributed by atoms with E-state index in [-0.39, 0.29) is 11.0 Å². The number of halogens is 7. The predicted octanol–water partition coefficient (Wildman–Crippen LogP) is 3.53. The van der Waals surface area contributed by atoms with Crippen LogP contribution in [0.25, 0.3) is 22.1 Å². The molecule has 2 saturated heterocycles. The molecule has 3 aromatic rings. The van der Waals surface area contributed by atoms with Gasteiger partial charge in [-0.15, -0.1) is 0 Å². The van der Waals surface area contributed by atoms with Crippen LogP contribution in [0.5, 0.6) is 0 Å². The highest BCUT2D eigenvalue weighted by molar-refractivity contribution is 7.89. The number of alkyl halides is 3. The fraction of sp³-hybridized carbons (Fsp3) is 0.300. The van der Waals surface area contributed by atoms with E-state index in [1.165, 1.54) is 4.72 Å². The van der Waals surface area contributed by atoms with E-state index >= 15 is 0 Å². The maximum Gasteiger partial charge on any atom is 0.326 e. The number of nitrogens with one attached hydrogen (secondary N) is 1. The summed E-state index contributed by atoms with van der Waals surface area (Å²) in [6, 6.07) is -4.86. The summed E-state index contributed by atoms with van der Waals surface area (Å²) in [7, 11) is -4.67. The van der Waals surface area contributed by atoms with E-state index in [0.717, 1.165) is 6.07 Å². The smallest absolute Gasteiger partial charge is 0.326 e. The largest absolute Gasteiger partial charge is 0.354 e. The number of anilines is 1. The molecule has 2 aliphatic heterocycles. The first kappa shape index (κ1) is 24.3. The molecule has 1 N–H and O–H groups in total. The Morgan fingerprint density at radius 3 is 2.31 bits per heavy atom. The van der Waals surface area contributed by atoms with E-state index in [1.807, 2.05) is 0 Å². The first-order valence-electron chi connectivity index (χ1n) is 10.1. The van der Waals surface area contributed by atoms with Crippen LogP contribution in [0.2, 0.25) is 0 Å². The fourth-order valence-corrected chi connectivity index (χ4v) is 5.20. The Kier molecular flexibility index (Phi) is 5.44. The average molecular weight is 538 g/mol. The van der Waals surface area contributed by atoms with Gasteiger partial charge in [-0.2, -0.15) is 0 Å². The van der Waals surface area contributed by atoms with Crippen molar-refractivity contribution in [3.05, 3.63) is 47.5 Å². The van der Waals surface area contributed by atoms with Crippen LogP contribution in [-0.4, -0.2) is 61.6 Å². The number of nitrogens with zero attached hydrogens (tertiary/aromatic N) is 3. The molecule has 3 heterocycles. The molecule has 5 rings (SSSR count). The number of urea groups is 1. The molecule has 2 amide bonds. The lowest BCUT2D eigenvalue weighted by Gasteiger charge is -2.23. The molecule has 0 aliphatic carbocycles. The second-order valence-corrected chi connectivity index (χ2v) is 9.89. The summed E-state index contributed by atoms with van der Waals surface area (Å²) in [5, 5.41) is 3.30. The summed E-state index contributed by atoms with van der Waals surface area (Å²) < 4.78 is 129. The molecule has 0 bridgehead atoms. The van der Waals surface area contributed by atoms with Crippen molar-refractivity contribution in [3.8, 4) is 11.1 Å². The number of sulfonamides is 1. The van der Waals surface area contributed by atoms with Crippen LogP contribution >= 0.6 is 0 Å². The first-order chi connectivity index (χ1) is 16.8. The van der Waals surface area contributed by atoms with Crippen LogP contribution in [0.15, 0.2) is 28.8 Å². The molecule has 0 radical (unpaired) electrons. The topological polar surface area (TPSA) is 95.8 Å². The van der Waals surface area contributed by atoms with Gasteiger partial charge in [0.1, 0.15) is 35.4 Å². The van der Waals surface area contributed by atoms with Gasteiger partial charge in [0.25, 0.3) is 5.92 Å². The van der Waals surface area contributed by atoms with Crippen LogP contribution in [0.4, 0.5) is 41.3 Å². The zero-order chi connectivity index (χ0) is 26.2. The molecular weight excluding hydrogens is 525 g/mol. The van der Waals surface area contributed by atoms with Crippen molar-refractivity contribution in [1.82, 2.24) is 14.8 Å². The van der Waals surface area contributed by atoms with Gasteiger partial charge in [-0.1, -0.05) is 5.16 Å². The van der Waals surface area contributed by atoms with Crippen LogP contribution in [0, 0.1) is 23.3 Å². The Balaban J connectivity index is 1.58. The molecule has 2 aliphatic rings. The van der Waals surface area contributed by atoms with E-state index in [9.17, 15) is 43.9 Å². The Bertz CT molecular complexity index is 1490. The number of aromatic nitrogens is 1. The predicted molar refractivity (Wildman–Crippen MR) is 109 cm³/mol. The van der Waals surface area contributed by atoms with Crippen molar-refractivity contribution in [2.75, 3.05) is 24.0 Å². The van der Waals surface area contributed by atoms with Gasteiger partial charge < -0.3 is 9.42 Å². The highest BCUT2D eigenvalue weighted by atomic mass is 32.2. The van der Waals surface area contributed by atoms with Gasteiger partial charge in [-0.3, -0.25) is 4.90 Å². The van der Waals surface area contributed by atoms with E-state index in [2.05, 4.69) is 5.16 Å². The molecule has 1 aromatic heterocycles. The normalized spacial score (nSPS) is 21.6. The molecule has 2 atom stereocenters. The Morgan fingerprint density at radius 1 is 1.06 bits per heavy atom. The van der Waals surface area contributed by atoms with Gasteiger partial charge in [0.15, 0.2) is 11.4 Å². The SMILES string of the molecule is O=C1N(c2noc3cc(F)cc(-c4c(F)cc(F)cc4F)c23)C[C@H]2N1C[C@@H](NS(=O)(=O)CF)C2(F)F. The number of amides is 2. The standard InChI is InChI=1S/C20H13F7N4O4S/c21-7-36(33,34)29-14-5-30-15(20(14,26)27)6-31(19(30)32)18-17-10(1-8(22)4-13(17)35-28-18)16-11(24)2-9(23)3-12(16)25/h1-4,14-15,29H,5-7H2/t14-,15-/m1/s1. The van der Waals surface area contributed by atoms with Gasteiger partial charge in [0.2, 0.25) is 16.0 Å². The van der Waals surface area contributed by atoms with Crippen molar-refractivity contribution >= 4 is 32.8 Å². The first-order valence-corrected chi connectivity index (χ1v) is 11.7. The Labute approximate surface area is 197 Å². The minimum atomic E-state index is -4.67. The minimum absolute atomic E-state index is 0.312. The lowest BCUT2D eigenvalue weighted by molar-refractivity contribution is -0.0325. The lowest BCUT2D eigenvalue weighted by Crippen LogP contribution is -2.51. The second kappa shape index (κ2) is 8.06. The molecule has 2 fully saturated rings. The Hall–Kier alpha value is -3.40. The number of hydrogen-bond donors (Lipinski definition) is 1. The van der Waals surface area contributed by atoms with Crippen molar-refractivity contribution in [2.45, 2.75) is 18.0 Å². The molecule has 0 unspecified atom stereocenters. The van der Waals surface area contributed by atoms with E-state index in [1.54, 1.807) is 0 Å². The zero-order valence-electron chi connectivity index (χ0n) is 17.6. The number of carbonyl (C=O) groups excluding carboxylic acids is 1. The molecule has 16 heteroatoms. The lowest BCUT2D eigenvalue weighted by atomic mass is 9.99. The van der Waals surface area contributed by atoms with Crippen LogP contribution in [0.3, 0.4) is 0 Å². The summed E-state index contributed by atoms with van der Waals surface area (Å²) in [4.78, 5) is 14.3. The van der Waals surface area contributed by atoms with E-state index in [4.69, 9.17) is 4.52 Å². The molecule has 0 saturated carbocycles.